The maximum absolute atomic E-state index is 12.0. The minimum Gasteiger partial charge on any atom is -0.316 e. The molecule has 0 spiro atoms. The van der Waals surface area contributed by atoms with Gasteiger partial charge in [0.25, 0.3) is 5.91 Å². The summed E-state index contributed by atoms with van der Waals surface area (Å²) >= 11 is 0. The van der Waals surface area contributed by atoms with Gasteiger partial charge < -0.3 is 4.34 Å². The average molecular weight is 237 g/mol. The number of rotatable bonds is 2. The van der Waals surface area contributed by atoms with E-state index >= 15 is 0 Å². The van der Waals surface area contributed by atoms with Gasteiger partial charge in [-0.15, -0.1) is 0 Å². The quantitative estimate of drug-likeness (QED) is 0.584. The summed E-state index contributed by atoms with van der Waals surface area (Å²) in [5.74, 6) is -0.193. The van der Waals surface area contributed by atoms with Crippen LogP contribution in [0.15, 0.2) is 24.5 Å². The molecule has 0 N–H and O–H groups in total. The van der Waals surface area contributed by atoms with Gasteiger partial charge in [0.15, 0.2) is 0 Å². The van der Waals surface area contributed by atoms with Gasteiger partial charge in [-0.05, 0) is 21.5 Å². The van der Waals surface area contributed by atoms with Crippen molar-refractivity contribution in [3.05, 3.63) is 30.1 Å². The Morgan fingerprint density at radius 3 is 3.06 bits per heavy atom. The maximum Gasteiger partial charge on any atom is 0.279 e. The third kappa shape index (κ3) is 1.68. The topological polar surface area (TPSA) is 47.4 Å². The number of hydrogen-bond acceptors (Lipinski definition) is 3. The van der Waals surface area contributed by atoms with Crippen molar-refractivity contribution in [1.82, 2.24) is 14.4 Å². The van der Waals surface area contributed by atoms with E-state index in [0.717, 1.165) is 11.0 Å². The fraction of sp³-hybridized carbons (Fsp3) is 0.200. The number of hydroxylamine groups is 2. The molecule has 5 nitrogen and oxygen atoms in total. The molecule has 16 heavy (non-hydrogen) atoms. The van der Waals surface area contributed by atoms with Crippen LogP contribution in [-0.4, -0.2) is 34.4 Å². The van der Waals surface area contributed by atoms with Gasteiger partial charge >= 0.3 is 0 Å². The molecule has 0 saturated heterocycles. The van der Waals surface area contributed by atoms with Gasteiger partial charge in [-0.2, -0.15) is 0 Å². The Labute approximate surface area is 95.2 Å². The summed E-state index contributed by atoms with van der Waals surface area (Å²) in [6, 6.07) is 3.66. The first kappa shape index (κ1) is 11.0. The molecule has 84 valence electrons. The second kappa shape index (κ2) is 4.20. The highest BCUT2D eigenvalue weighted by Gasteiger charge is 2.17. The smallest absolute Gasteiger partial charge is 0.279 e. The first-order valence-corrected chi connectivity index (χ1v) is 5.20. The molecule has 0 fully saturated rings. The summed E-state index contributed by atoms with van der Waals surface area (Å²) in [6.07, 6.45) is 3.41. The van der Waals surface area contributed by atoms with Gasteiger partial charge in [0.05, 0.1) is 12.7 Å². The number of nitrogens with zero attached hydrogens (tertiary/aromatic N) is 3. The van der Waals surface area contributed by atoms with Crippen molar-refractivity contribution in [2.45, 2.75) is 0 Å². The highest BCUT2D eigenvalue weighted by molar-refractivity contribution is 7.14. The van der Waals surface area contributed by atoms with Crippen molar-refractivity contribution >= 4 is 26.3 Å². The molecule has 2 heterocycles. The Bertz CT molecular complexity index is 538. The second-order valence-corrected chi connectivity index (χ2v) is 3.87. The van der Waals surface area contributed by atoms with Crippen LogP contribution in [0, 0.1) is 0 Å². The van der Waals surface area contributed by atoms with Crippen LogP contribution >= 0.6 is 9.39 Å². The molecule has 1 atom stereocenters. The summed E-state index contributed by atoms with van der Waals surface area (Å²) in [5, 5.41) is 2.00. The first-order valence-electron chi connectivity index (χ1n) is 4.68. The average Bonchev–Trinajstić information content (AvgIpc) is 2.65. The van der Waals surface area contributed by atoms with Crippen LogP contribution < -0.4 is 0 Å². The normalized spacial score (nSPS) is 10.7. The van der Waals surface area contributed by atoms with Crippen LogP contribution in [0.25, 0.3) is 11.0 Å². The molecule has 2 rings (SSSR count). The van der Waals surface area contributed by atoms with Crippen LogP contribution in [0.2, 0.25) is 0 Å². The Kier molecular flexibility index (Phi) is 2.90. The van der Waals surface area contributed by atoms with E-state index in [4.69, 9.17) is 4.84 Å². The number of pyridine rings is 1. The largest absolute Gasteiger partial charge is 0.316 e. The van der Waals surface area contributed by atoms with E-state index in [1.165, 1.54) is 12.2 Å². The molecule has 2 aromatic rings. The molecule has 2 aromatic heterocycles. The molecular weight excluding hydrogens is 225 g/mol. The highest BCUT2D eigenvalue weighted by Crippen LogP contribution is 2.22. The lowest BCUT2D eigenvalue weighted by Gasteiger charge is -2.12. The predicted molar refractivity (Wildman–Crippen MR) is 63.9 cm³/mol. The number of carbonyl (C=O) groups excluding carboxylic acids is 1. The van der Waals surface area contributed by atoms with E-state index < -0.39 is 0 Å². The molecule has 0 saturated carbocycles. The number of fused-ring (bicyclic) bond motifs is 1. The number of hydrogen-bond donors (Lipinski definition) is 0. The van der Waals surface area contributed by atoms with Crippen molar-refractivity contribution in [1.29, 1.82) is 0 Å². The molecule has 0 bridgehead atoms. The van der Waals surface area contributed by atoms with E-state index in [1.54, 1.807) is 29.8 Å². The standard InChI is InChI=1S/C10H12N3O2P/c1-12(15-2)10(14)8-6-13(16)9-7(8)4-3-5-11-9/h3-6H,16H2,1-2H3. The number of carbonyl (C=O) groups is 1. The lowest BCUT2D eigenvalue weighted by molar-refractivity contribution is -0.0755. The lowest BCUT2D eigenvalue weighted by atomic mass is 10.2. The van der Waals surface area contributed by atoms with Crippen LogP contribution in [-0.2, 0) is 4.84 Å². The van der Waals surface area contributed by atoms with Gasteiger partial charge in [-0.1, -0.05) is 0 Å². The summed E-state index contributed by atoms with van der Waals surface area (Å²) in [4.78, 5) is 21.0. The SMILES string of the molecule is CON(C)C(=O)c1cn(P)c2ncccc12. The highest BCUT2D eigenvalue weighted by atomic mass is 31.0. The van der Waals surface area contributed by atoms with Gasteiger partial charge in [0.1, 0.15) is 5.65 Å². The zero-order chi connectivity index (χ0) is 11.7. The fourth-order valence-corrected chi connectivity index (χ4v) is 1.86. The summed E-state index contributed by atoms with van der Waals surface area (Å²) in [6.45, 7) is 0. The van der Waals surface area contributed by atoms with Gasteiger partial charge in [-0.25, -0.2) is 10.0 Å². The lowest BCUT2D eigenvalue weighted by Crippen LogP contribution is -2.25. The van der Waals surface area contributed by atoms with E-state index in [0.29, 0.717) is 5.56 Å². The third-order valence-corrected chi connectivity index (χ3v) is 2.77. The zero-order valence-electron chi connectivity index (χ0n) is 9.04. The summed E-state index contributed by atoms with van der Waals surface area (Å²) in [7, 11) is 5.53. The minimum absolute atomic E-state index is 0.193. The van der Waals surface area contributed by atoms with Crippen molar-refractivity contribution in [2.75, 3.05) is 14.2 Å². The fourth-order valence-electron chi connectivity index (χ4n) is 1.51. The molecule has 0 aliphatic heterocycles. The molecule has 0 aliphatic carbocycles. The molecule has 0 aromatic carbocycles. The van der Waals surface area contributed by atoms with E-state index in [2.05, 4.69) is 14.4 Å². The van der Waals surface area contributed by atoms with Crippen LogP contribution in [0.1, 0.15) is 10.4 Å². The molecule has 6 heteroatoms. The number of aromatic nitrogens is 2. The summed E-state index contributed by atoms with van der Waals surface area (Å²) in [5.41, 5.74) is 1.32. The van der Waals surface area contributed by atoms with Crippen molar-refractivity contribution in [2.24, 2.45) is 0 Å². The van der Waals surface area contributed by atoms with Crippen LogP contribution in [0.3, 0.4) is 0 Å². The Balaban J connectivity index is 2.57. The number of amides is 1. The summed E-state index contributed by atoms with van der Waals surface area (Å²) < 4.78 is 1.74. The van der Waals surface area contributed by atoms with Gasteiger partial charge in [-0.3, -0.25) is 9.63 Å². The predicted octanol–water partition coefficient (Wildman–Crippen LogP) is 1.31. The molecular formula is C10H12N3O2P. The first-order chi connectivity index (χ1) is 7.65. The Morgan fingerprint density at radius 2 is 2.38 bits per heavy atom. The second-order valence-electron chi connectivity index (χ2n) is 3.31. The van der Waals surface area contributed by atoms with Crippen LogP contribution in [0.4, 0.5) is 0 Å². The van der Waals surface area contributed by atoms with Crippen molar-refractivity contribution in [3.8, 4) is 0 Å². The van der Waals surface area contributed by atoms with Gasteiger partial charge in [0, 0.05) is 24.8 Å². The molecule has 1 amide bonds. The van der Waals surface area contributed by atoms with E-state index in [-0.39, 0.29) is 5.91 Å². The maximum atomic E-state index is 12.0. The third-order valence-electron chi connectivity index (χ3n) is 2.38. The molecule has 0 aliphatic rings. The Morgan fingerprint density at radius 1 is 1.62 bits per heavy atom. The van der Waals surface area contributed by atoms with Gasteiger partial charge in [0.2, 0.25) is 0 Å². The zero-order valence-corrected chi connectivity index (χ0v) is 10.2. The van der Waals surface area contributed by atoms with E-state index in [9.17, 15) is 4.79 Å². The van der Waals surface area contributed by atoms with Crippen molar-refractivity contribution < 1.29 is 9.63 Å². The Hall–Kier alpha value is -1.45. The van der Waals surface area contributed by atoms with E-state index in [1.807, 2.05) is 6.07 Å². The minimum atomic E-state index is -0.193. The van der Waals surface area contributed by atoms with Crippen molar-refractivity contribution in [3.63, 3.8) is 0 Å². The monoisotopic (exact) mass is 237 g/mol. The van der Waals surface area contributed by atoms with Crippen LogP contribution in [0.5, 0.6) is 0 Å². The molecule has 1 unspecified atom stereocenters. The molecule has 0 radical (unpaired) electrons.